The molecule has 0 amide bonds. The molecule has 0 N–H and O–H groups in total. The largest absolute Gasteiger partial charge is 0.332 e. The van der Waals surface area contributed by atoms with Gasteiger partial charge >= 0.3 is 0 Å². The van der Waals surface area contributed by atoms with Gasteiger partial charge in [-0.2, -0.15) is 0 Å². The van der Waals surface area contributed by atoms with Gasteiger partial charge in [0, 0.05) is 19.4 Å². The second-order valence-electron chi connectivity index (χ2n) is 3.32. The normalized spacial score (nSPS) is 47.9. The van der Waals surface area contributed by atoms with E-state index in [-0.39, 0.29) is 0 Å². The molecular weight excluding hydrogens is 147 g/mol. The Hall–Kier alpha value is 0.190. The molecule has 0 bridgehead atoms. The molecule has 1 fully saturated rings. The molecule has 2 unspecified atom stereocenters. The van der Waals surface area contributed by atoms with Crippen LogP contribution >= 0.6 is 7.37 Å². The lowest BCUT2D eigenvalue weighted by Gasteiger charge is -2.06. The molecule has 0 aromatic carbocycles. The van der Waals surface area contributed by atoms with Gasteiger partial charge in [-0.25, -0.2) is 0 Å². The highest BCUT2D eigenvalue weighted by molar-refractivity contribution is 7.59. The molecule has 0 aromatic rings. The van der Waals surface area contributed by atoms with Gasteiger partial charge in [-0.05, 0) is 11.8 Å². The summed E-state index contributed by atoms with van der Waals surface area (Å²) >= 11 is 0. The molecule has 1 aliphatic heterocycles. The molecule has 60 valence electrons. The van der Waals surface area contributed by atoms with Gasteiger partial charge in [0.2, 0.25) is 7.37 Å². The Labute approximate surface area is 62.4 Å². The summed E-state index contributed by atoms with van der Waals surface area (Å²) in [7, 11) is -0.602. The van der Waals surface area contributed by atoms with Crippen molar-refractivity contribution < 1.29 is 9.09 Å². The van der Waals surface area contributed by atoms with Crippen molar-refractivity contribution in [2.75, 3.05) is 19.4 Å². The highest BCUT2D eigenvalue weighted by Gasteiger charge is 2.36. The van der Waals surface area contributed by atoms with Gasteiger partial charge in [-0.3, -0.25) is 4.57 Å². The third-order valence-electron chi connectivity index (χ3n) is 2.44. The van der Waals surface area contributed by atoms with Crippen LogP contribution in [0.5, 0.6) is 0 Å². The van der Waals surface area contributed by atoms with Crippen LogP contribution in [0.2, 0.25) is 0 Å². The predicted octanol–water partition coefficient (Wildman–Crippen LogP) is 2.20. The van der Waals surface area contributed by atoms with Crippen LogP contribution < -0.4 is 0 Å². The first kappa shape index (κ1) is 8.29. The third kappa shape index (κ3) is 1.43. The molecule has 0 radical (unpaired) electrons. The lowest BCUT2D eigenvalue weighted by atomic mass is 10.0. The minimum Gasteiger partial charge on any atom is -0.332 e. The number of rotatable bonds is 1. The van der Waals surface area contributed by atoms with Gasteiger partial charge in [0.05, 0.1) is 0 Å². The van der Waals surface area contributed by atoms with Crippen LogP contribution in [0.4, 0.5) is 0 Å². The maximum Gasteiger partial charge on any atom is 0.203 e. The number of hydrogen-bond donors (Lipinski definition) is 0. The average Bonchev–Trinajstić information content (AvgIpc) is 2.10. The summed E-state index contributed by atoms with van der Waals surface area (Å²) in [5.41, 5.74) is 0. The van der Waals surface area contributed by atoms with E-state index in [4.69, 9.17) is 4.52 Å². The zero-order chi connectivity index (χ0) is 7.78. The summed E-state index contributed by atoms with van der Waals surface area (Å²) in [4.78, 5) is 0. The topological polar surface area (TPSA) is 26.3 Å². The van der Waals surface area contributed by atoms with Gasteiger partial charge in [0.15, 0.2) is 0 Å². The van der Waals surface area contributed by atoms with Crippen LogP contribution in [-0.4, -0.2) is 19.4 Å². The van der Waals surface area contributed by atoms with Crippen molar-refractivity contribution in [3.05, 3.63) is 0 Å². The zero-order valence-electron chi connectivity index (χ0n) is 6.83. The van der Waals surface area contributed by atoms with Gasteiger partial charge < -0.3 is 4.52 Å². The van der Waals surface area contributed by atoms with Gasteiger partial charge in [0.25, 0.3) is 0 Å². The SMILES string of the molecule is COP1(=O)CC(C)C(C)C1. The Morgan fingerprint density at radius 3 is 1.90 bits per heavy atom. The Kier molecular flexibility index (Phi) is 2.21. The van der Waals surface area contributed by atoms with Crippen molar-refractivity contribution in [2.24, 2.45) is 11.8 Å². The van der Waals surface area contributed by atoms with Crippen molar-refractivity contribution >= 4 is 7.37 Å². The first-order valence-corrected chi connectivity index (χ1v) is 5.71. The molecule has 1 heterocycles. The van der Waals surface area contributed by atoms with Gasteiger partial charge in [-0.1, -0.05) is 13.8 Å². The third-order valence-corrected chi connectivity index (χ3v) is 5.37. The fourth-order valence-electron chi connectivity index (χ4n) is 1.46. The molecule has 1 aliphatic rings. The van der Waals surface area contributed by atoms with E-state index in [1.165, 1.54) is 0 Å². The first-order valence-electron chi connectivity index (χ1n) is 3.71. The first-order chi connectivity index (χ1) is 4.57. The standard InChI is InChI=1S/C7H15O2P/c1-6-4-10(8,9-3)5-7(6)2/h6-7H,4-5H2,1-3H3. The average molecular weight is 162 g/mol. The van der Waals surface area contributed by atoms with Crippen LogP contribution in [0.15, 0.2) is 0 Å². The highest BCUT2D eigenvalue weighted by Crippen LogP contribution is 2.56. The lowest BCUT2D eigenvalue weighted by molar-refractivity contribution is 0.397. The summed E-state index contributed by atoms with van der Waals surface area (Å²) < 4.78 is 16.6. The van der Waals surface area contributed by atoms with Crippen LogP contribution in [0.3, 0.4) is 0 Å². The maximum absolute atomic E-state index is 11.6. The molecule has 0 spiro atoms. The van der Waals surface area contributed by atoms with Crippen molar-refractivity contribution in [2.45, 2.75) is 13.8 Å². The molecule has 0 aliphatic carbocycles. The molecule has 0 aromatic heterocycles. The molecule has 2 atom stereocenters. The number of hydrogen-bond acceptors (Lipinski definition) is 2. The van der Waals surface area contributed by atoms with Crippen molar-refractivity contribution in [3.8, 4) is 0 Å². The van der Waals surface area contributed by atoms with E-state index in [1.807, 2.05) is 0 Å². The highest BCUT2D eigenvalue weighted by atomic mass is 31.2. The quantitative estimate of drug-likeness (QED) is 0.552. The lowest BCUT2D eigenvalue weighted by Crippen LogP contribution is -2.01. The minimum absolute atomic E-state index is 0.575. The summed E-state index contributed by atoms with van der Waals surface area (Å²) in [6, 6.07) is 0. The van der Waals surface area contributed by atoms with E-state index in [1.54, 1.807) is 7.11 Å². The van der Waals surface area contributed by atoms with E-state index >= 15 is 0 Å². The molecule has 1 rings (SSSR count). The Balaban J connectivity index is 2.64. The summed E-state index contributed by atoms with van der Waals surface area (Å²) in [5.74, 6) is 1.15. The summed E-state index contributed by atoms with van der Waals surface area (Å²) in [5, 5.41) is 0. The van der Waals surface area contributed by atoms with Crippen LogP contribution in [0.1, 0.15) is 13.8 Å². The Bertz CT molecular complexity index is 153. The van der Waals surface area contributed by atoms with E-state index in [0.717, 1.165) is 12.3 Å². The second-order valence-corrected chi connectivity index (χ2v) is 6.04. The maximum atomic E-state index is 11.6. The van der Waals surface area contributed by atoms with E-state index < -0.39 is 7.37 Å². The van der Waals surface area contributed by atoms with Crippen LogP contribution in [0.25, 0.3) is 0 Å². The Morgan fingerprint density at radius 2 is 1.70 bits per heavy atom. The molecule has 10 heavy (non-hydrogen) atoms. The summed E-state index contributed by atoms with van der Waals surface area (Å²) in [6.07, 6.45) is 1.56. The molecule has 3 heteroatoms. The van der Waals surface area contributed by atoms with Crippen molar-refractivity contribution in [1.29, 1.82) is 0 Å². The van der Waals surface area contributed by atoms with Gasteiger partial charge in [0.1, 0.15) is 0 Å². The van der Waals surface area contributed by atoms with Crippen LogP contribution in [-0.2, 0) is 9.09 Å². The molecule has 0 saturated carbocycles. The smallest absolute Gasteiger partial charge is 0.203 e. The van der Waals surface area contributed by atoms with E-state index in [9.17, 15) is 4.57 Å². The second kappa shape index (κ2) is 2.67. The van der Waals surface area contributed by atoms with Crippen LogP contribution in [0, 0.1) is 11.8 Å². The minimum atomic E-state index is -2.16. The van der Waals surface area contributed by atoms with Crippen molar-refractivity contribution in [3.63, 3.8) is 0 Å². The van der Waals surface area contributed by atoms with Gasteiger partial charge in [-0.15, -0.1) is 0 Å². The van der Waals surface area contributed by atoms with E-state index in [2.05, 4.69) is 13.8 Å². The summed E-state index contributed by atoms with van der Waals surface area (Å²) in [6.45, 7) is 4.28. The molecule has 2 nitrogen and oxygen atoms in total. The Morgan fingerprint density at radius 1 is 1.30 bits per heavy atom. The predicted molar refractivity (Wildman–Crippen MR) is 42.7 cm³/mol. The van der Waals surface area contributed by atoms with E-state index in [0.29, 0.717) is 11.8 Å². The zero-order valence-corrected chi connectivity index (χ0v) is 7.73. The van der Waals surface area contributed by atoms with Crippen molar-refractivity contribution in [1.82, 2.24) is 0 Å². The monoisotopic (exact) mass is 162 g/mol. The fourth-order valence-corrected chi connectivity index (χ4v) is 4.38. The fraction of sp³-hybridized carbons (Fsp3) is 1.00. The molecule has 1 saturated heterocycles. The molecular formula is C7H15O2P.